The summed E-state index contributed by atoms with van der Waals surface area (Å²) in [4.78, 5) is 2.13. The SMILES string of the molecule is CN(C[S])C(C)(C)C. The topological polar surface area (TPSA) is 3.24 Å². The Morgan fingerprint density at radius 1 is 1.38 bits per heavy atom. The molecule has 0 saturated carbocycles. The molecule has 0 amide bonds. The van der Waals surface area contributed by atoms with Gasteiger partial charge in [0.05, 0.1) is 5.88 Å². The van der Waals surface area contributed by atoms with Gasteiger partial charge in [-0.05, 0) is 27.8 Å². The van der Waals surface area contributed by atoms with Gasteiger partial charge in [0, 0.05) is 5.54 Å². The molecular formula is C6H14NS. The maximum absolute atomic E-state index is 4.85. The molecule has 49 valence electrons. The zero-order chi connectivity index (χ0) is 6.78. The lowest BCUT2D eigenvalue weighted by Crippen LogP contribution is -2.36. The fourth-order valence-electron chi connectivity index (χ4n) is 0.194. The van der Waals surface area contributed by atoms with E-state index in [2.05, 4.69) is 25.7 Å². The van der Waals surface area contributed by atoms with E-state index in [0.717, 1.165) is 0 Å². The van der Waals surface area contributed by atoms with Gasteiger partial charge in [-0.25, -0.2) is 0 Å². The van der Waals surface area contributed by atoms with Gasteiger partial charge in [0.1, 0.15) is 0 Å². The van der Waals surface area contributed by atoms with Crippen LogP contribution >= 0.6 is 12.6 Å². The maximum Gasteiger partial charge on any atom is 0.0550 e. The zero-order valence-electron chi connectivity index (χ0n) is 6.06. The molecule has 1 radical (unpaired) electrons. The molecule has 0 aliphatic rings. The van der Waals surface area contributed by atoms with Crippen molar-refractivity contribution in [2.75, 3.05) is 12.9 Å². The lowest BCUT2D eigenvalue weighted by atomic mass is 10.1. The van der Waals surface area contributed by atoms with Gasteiger partial charge in [-0.15, -0.1) is 0 Å². The van der Waals surface area contributed by atoms with Gasteiger partial charge in [0.15, 0.2) is 0 Å². The highest BCUT2D eigenvalue weighted by Crippen LogP contribution is 2.09. The van der Waals surface area contributed by atoms with Crippen molar-refractivity contribution in [3.63, 3.8) is 0 Å². The highest BCUT2D eigenvalue weighted by atomic mass is 32.1. The third kappa shape index (κ3) is 2.58. The minimum atomic E-state index is 0.238. The van der Waals surface area contributed by atoms with Crippen molar-refractivity contribution >= 4 is 12.6 Å². The van der Waals surface area contributed by atoms with Gasteiger partial charge >= 0.3 is 0 Å². The summed E-state index contributed by atoms with van der Waals surface area (Å²) in [6, 6.07) is 0. The molecule has 0 fully saturated rings. The van der Waals surface area contributed by atoms with Crippen molar-refractivity contribution in [1.82, 2.24) is 4.90 Å². The van der Waals surface area contributed by atoms with Crippen LogP contribution < -0.4 is 0 Å². The summed E-state index contributed by atoms with van der Waals surface area (Å²) < 4.78 is 0. The molecule has 0 unspecified atom stereocenters. The summed E-state index contributed by atoms with van der Waals surface area (Å²) in [6.07, 6.45) is 0. The maximum atomic E-state index is 4.85. The molecule has 0 aliphatic carbocycles. The molecule has 1 nitrogen and oxygen atoms in total. The first-order valence-electron chi connectivity index (χ1n) is 2.78. The van der Waals surface area contributed by atoms with E-state index in [4.69, 9.17) is 12.6 Å². The molecule has 0 aromatic rings. The lowest BCUT2D eigenvalue weighted by Gasteiger charge is -2.29. The van der Waals surface area contributed by atoms with Crippen LogP contribution in [0.5, 0.6) is 0 Å². The number of hydrogen-bond acceptors (Lipinski definition) is 1. The Kier molecular flexibility index (Phi) is 2.84. The van der Waals surface area contributed by atoms with Crippen LogP contribution in [-0.4, -0.2) is 23.4 Å². The van der Waals surface area contributed by atoms with E-state index in [1.54, 1.807) is 0 Å². The van der Waals surface area contributed by atoms with Crippen LogP contribution in [0.15, 0.2) is 0 Å². The molecule has 0 aromatic carbocycles. The first-order chi connectivity index (χ1) is 3.48. The Bertz CT molecular complexity index is 65.4. The molecule has 8 heavy (non-hydrogen) atoms. The zero-order valence-corrected chi connectivity index (χ0v) is 6.88. The van der Waals surface area contributed by atoms with Gasteiger partial charge in [-0.2, -0.15) is 0 Å². The fraction of sp³-hybridized carbons (Fsp3) is 1.00. The summed E-state index contributed by atoms with van der Waals surface area (Å²) in [5.74, 6) is 0.712. The van der Waals surface area contributed by atoms with Crippen LogP contribution in [-0.2, 0) is 0 Å². The molecule has 0 aromatic heterocycles. The largest absolute Gasteiger partial charge is 0.291 e. The predicted molar refractivity (Wildman–Crippen MR) is 40.0 cm³/mol. The number of hydrogen-bond donors (Lipinski definition) is 0. The third-order valence-electron chi connectivity index (χ3n) is 1.34. The molecule has 0 spiro atoms. The predicted octanol–water partition coefficient (Wildman–Crippen LogP) is 1.87. The fourth-order valence-corrected chi connectivity index (χ4v) is 0.581. The van der Waals surface area contributed by atoms with Crippen LogP contribution in [0.1, 0.15) is 20.8 Å². The second kappa shape index (κ2) is 2.74. The molecule has 0 N–H and O–H groups in total. The lowest BCUT2D eigenvalue weighted by molar-refractivity contribution is 0.209. The van der Waals surface area contributed by atoms with E-state index in [9.17, 15) is 0 Å². The molecule has 0 heterocycles. The minimum absolute atomic E-state index is 0.238. The van der Waals surface area contributed by atoms with Gasteiger partial charge in [0.25, 0.3) is 0 Å². The molecule has 0 aliphatic heterocycles. The van der Waals surface area contributed by atoms with Crippen molar-refractivity contribution in [3.8, 4) is 0 Å². The van der Waals surface area contributed by atoms with Crippen molar-refractivity contribution in [2.24, 2.45) is 0 Å². The van der Waals surface area contributed by atoms with E-state index in [1.165, 1.54) is 0 Å². The first kappa shape index (κ1) is 8.31. The second-order valence-corrected chi connectivity index (χ2v) is 3.26. The standard InChI is InChI=1S/C6H14NS/c1-6(2,3)7(4)5-8/h5H2,1-4H3. The normalized spacial score (nSPS) is 12.8. The van der Waals surface area contributed by atoms with Crippen LogP contribution in [0.3, 0.4) is 0 Å². The Balaban J connectivity index is 3.62. The summed E-state index contributed by atoms with van der Waals surface area (Å²) in [7, 11) is 2.03. The van der Waals surface area contributed by atoms with E-state index < -0.39 is 0 Å². The van der Waals surface area contributed by atoms with Crippen molar-refractivity contribution < 1.29 is 0 Å². The van der Waals surface area contributed by atoms with Gasteiger partial charge in [-0.3, -0.25) is 4.90 Å². The quantitative estimate of drug-likeness (QED) is 0.526. The van der Waals surface area contributed by atoms with Crippen molar-refractivity contribution in [3.05, 3.63) is 0 Å². The number of nitrogens with zero attached hydrogens (tertiary/aromatic N) is 1. The molecule has 0 bridgehead atoms. The summed E-state index contributed by atoms with van der Waals surface area (Å²) in [5, 5.41) is 0. The van der Waals surface area contributed by atoms with E-state index >= 15 is 0 Å². The molecule has 0 saturated heterocycles. The molecular weight excluding hydrogens is 118 g/mol. The first-order valence-corrected chi connectivity index (χ1v) is 3.35. The van der Waals surface area contributed by atoms with Gasteiger partial charge in [0.2, 0.25) is 0 Å². The smallest absolute Gasteiger partial charge is 0.0550 e. The Morgan fingerprint density at radius 2 is 1.75 bits per heavy atom. The summed E-state index contributed by atoms with van der Waals surface area (Å²) in [6.45, 7) is 6.46. The monoisotopic (exact) mass is 132 g/mol. The Morgan fingerprint density at radius 3 is 1.75 bits per heavy atom. The van der Waals surface area contributed by atoms with Gasteiger partial charge < -0.3 is 0 Å². The molecule has 0 atom stereocenters. The van der Waals surface area contributed by atoms with Crippen molar-refractivity contribution in [2.45, 2.75) is 26.3 Å². The number of rotatable bonds is 1. The summed E-state index contributed by atoms with van der Waals surface area (Å²) in [5.41, 5.74) is 0.238. The Labute approximate surface area is 57.5 Å². The average Bonchev–Trinajstić information content (AvgIpc) is 1.62. The minimum Gasteiger partial charge on any atom is -0.291 e. The highest BCUT2D eigenvalue weighted by molar-refractivity contribution is 7.80. The average molecular weight is 132 g/mol. The van der Waals surface area contributed by atoms with Crippen LogP contribution in [0, 0.1) is 0 Å². The highest BCUT2D eigenvalue weighted by Gasteiger charge is 2.14. The van der Waals surface area contributed by atoms with Crippen LogP contribution in [0.25, 0.3) is 0 Å². The van der Waals surface area contributed by atoms with Crippen LogP contribution in [0.2, 0.25) is 0 Å². The summed E-state index contributed by atoms with van der Waals surface area (Å²) >= 11 is 4.85. The van der Waals surface area contributed by atoms with E-state index in [1.807, 2.05) is 7.05 Å². The van der Waals surface area contributed by atoms with E-state index in [0.29, 0.717) is 5.88 Å². The molecule has 2 heteroatoms. The Hall–Kier alpha value is 0.310. The van der Waals surface area contributed by atoms with Crippen LogP contribution in [0.4, 0.5) is 0 Å². The molecule has 0 rings (SSSR count). The van der Waals surface area contributed by atoms with Gasteiger partial charge in [-0.1, -0.05) is 12.6 Å². The third-order valence-corrected chi connectivity index (χ3v) is 1.73. The van der Waals surface area contributed by atoms with Crippen molar-refractivity contribution in [1.29, 1.82) is 0 Å². The van der Waals surface area contributed by atoms with E-state index in [-0.39, 0.29) is 5.54 Å². The second-order valence-electron chi connectivity index (χ2n) is 3.00.